The first-order chi connectivity index (χ1) is 11.0. The molecule has 0 aliphatic carbocycles. The fourth-order valence-electron chi connectivity index (χ4n) is 1.97. The van der Waals surface area contributed by atoms with Gasteiger partial charge in [-0.3, -0.25) is 24.1 Å². The maximum absolute atomic E-state index is 12.3. The molecular weight excluding hydrogens is 318 g/mol. The van der Waals surface area contributed by atoms with Gasteiger partial charge in [-0.15, -0.1) is 11.3 Å². The largest absolute Gasteiger partial charge is 0.369 e. The number of pyridine rings is 1. The maximum Gasteiger partial charge on any atom is 0.270 e. The zero-order valence-electron chi connectivity index (χ0n) is 11.7. The molecule has 0 saturated heterocycles. The van der Waals surface area contributed by atoms with Gasteiger partial charge in [0.15, 0.2) is 5.13 Å². The quantitative estimate of drug-likeness (QED) is 0.719. The molecular formula is C14H11N5O3S. The molecule has 3 aromatic rings. The number of carbonyl (C=O) groups is 2. The predicted octanol–water partition coefficient (Wildman–Crippen LogP) is 0.431. The molecule has 0 fully saturated rings. The van der Waals surface area contributed by atoms with Crippen LogP contribution in [0.5, 0.6) is 0 Å². The van der Waals surface area contributed by atoms with Gasteiger partial charge in [0, 0.05) is 17.8 Å². The van der Waals surface area contributed by atoms with E-state index in [9.17, 15) is 14.4 Å². The van der Waals surface area contributed by atoms with Crippen molar-refractivity contribution in [1.29, 1.82) is 0 Å². The fraction of sp³-hybridized carbons (Fsp3) is 0.0714. The molecule has 8 nitrogen and oxygen atoms in total. The molecule has 0 radical (unpaired) electrons. The summed E-state index contributed by atoms with van der Waals surface area (Å²) in [5.41, 5.74) is 5.43. The van der Waals surface area contributed by atoms with E-state index in [4.69, 9.17) is 5.73 Å². The third-order valence-electron chi connectivity index (χ3n) is 2.99. The third kappa shape index (κ3) is 3.09. The van der Waals surface area contributed by atoms with Gasteiger partial charge in [-0.25, -0.2) is 9.97 Å². The molecule has 0 atom stereocenters. The molecule has 116 valence electrons. The van der Waals surface area contributed by atoms with Crippen LogP contribution in [0.25, 0.3) is 5.65 Å². The van der Waals surface area contributed by atoms with Crippen LogP contribution < -0.4 is 16.6 Å². The molecule has 9 heteroatoms. The number of primary amides is 1. The van der Waals surface area contributed by atoms with Gasteiger partial charge in [0.25, 0.3) is 11.5 Å². The molecule has 0 aliphatic heterocycles. The highest BCUT2D eigenvalue weighted by Crippen LogP contribution is 2.16. The van der Waals surface area contributed by atoms with Gasteiger partial charge in [-0.05, 0) is 12.1 Å². The average Bonchev–Trinajstić information content (AvgIpc) is 2.94. The van der Waals surface area contributed by atoms with Crippen molar-refractivity contribution in [2.45, 2.75) is 6.42 Å². The fourth-order valence-corrected chi connectivity index (χ4v) is 2.68. The van der Waals surface area contributed by atoms with E-state index < -0.39 is 17.4 Å². The molecule has 0 bridgehead atoms. The van der Waals surface area contributed by atoms with Gasteiger partial charge in [-0.1, -0.05) is 6.07 Å². The van der Waals surface area contributed by atoms with Crippen molar-refractivity contribution in [1.82, 2.24) is 14.4 Å². The molecule has 3 aromatic heterocycles. The summed E-state index contributed by atoms with van der Waals surface area (Å²) in [4.78, 5) is 43.5. The van der Waals surface area contributed by atoms with E-state index in [-0.39, 0.29) is 17.1 Å². The molecule has 0 aromatic carbocycles. The standard InChI is InChI=1S/C14H11N5O3S/c15-10(20)5-8-7-23-14(17-8)18-12(21)9-6-16-11-3-1-2-4-19(11)13(9)22/h1-4,6-7H,5H2,(H2,15,20)(H,17,18,21). The number of fused-ring (bicyclic) bond motifs is 1. The average molecular weight is 329 g/mol. The predicted molar refractivity (Wildman–Crippen MR) is 84.4 cm³/mol. The Hall–Kier alpha value is -3.07. The Morgan fingerprint density at radius 3 is 2.96 bits per heavy atom. The lowest BCUT2D eigenvalue weighted by Gasteiger charge is -2.03. The van der Waals surface area contributed by atoms with E-state index in [2.05, 4.69) is 15.3 Å². The number of hydrogen-bond donors (Lipinski definition) is 2. The van der Waals surface area contributed by atoms with Crippen LogP contribution in [0.1, 0.15) is 16.1 Å². The first-order valence-corrected chi connectivity index (χ1v) is 7.43. The summed E-state index contributed by atoms with van der Waals surface area (Å²) in [7, 11) is 0. The number of anilines is 1. The smallest absolute Gasteiger partial charge is 0.270 e. The minimum absolute atomic E-state index is 0.00738. The Kier molecular flexibility index (Phi) is 3.85. The van der Waals surface area contributed by atoms with Crippen molar-refractivity contribution in [2.24, 2.45) is 5.73 Å². The number of hydrogen-bond acceptors (Lipinski definition) is 6. The highest BCUT2D eigenvalue weighted by Gasteiger charge is 2.15. The van der Waals surface area contributed by atoms with E-state index in [0.29, 0.717) is 11.3 Å². The van der Waals surface area contributed by atoms with Crippen molar-refractivity contribution in [3.63, 3.8) is 0 Å². The Labute approximate surface area is 133 Å². The number of nitrogens with one attached hydrogen (secondary N) is 1. The Morgan fingerprint density at radius 2 is 2.17 bits per heavy atom. The van der Waals surface area contributed by atoms with Gasteiger partial charge in [-0.2, -0.15) is 0 Å². The molecule has 3 rings (SSSR count). The topological polar surface area (TPSA) is 119 Å². The van der Waals surface area contributed by atoms with E-state index in [1.807, 2.05) is 0 Å². The second-order valence-corrected chi connectivity index (χ2v) is 5.51. The number of thiazole rings is 1. The summed E-state index contributed by atoms with van der Waals surface area (Å²) in [6.45, 7) is 0. The van der Waals surface area contributed by atoms with Crippen molar-refractivity contribution < 1.29 is 9.59 Å². The van der Waals surface area contributed by atoms with Gasteiger partial charge >= 0.3 is 0 Å². The van der Waals surface area contributed by atoms with E-state index in [1.165, 1.54) is 16.8 Å². The lowest BCUT2D eigenvalue weighted by atomic mass is 10.3. The summed E-state index contributed by atoms with van der Waals surface area (Å²) in [6, 6.07) is 5.09. The van der Waals surface area contributed by atoms with Crippen LogP contribution >= 0.6 is 11.3 Å². The summed E-state index contributed by atoms with van der Waals surface area (Å²) < 4.78 is 1.29. The Morgan fingerprint density at radius 1 is 1.35 bits per heavy atom. The van der Waals surface area contributed by atoms with Crippen molar-refractivity contribution in [3.05, 3.63) is 57.6 Å². The second kappa shape index (κ2) is 5.97. The van der Waals surface area contributed by atoms with Crippen molar-refractivity contribution in [2.75, 3.05) is 5.32 Å². The molecule has 23 heavy (non-hydrogen) atoms. The van der Waals surface area contributed by atoms with Crippen LogP contribution in [-0.4, -0.2) is 26.2 Å². The molecule has 0 saturated carbocycles. The van der Waals surface area contributed by atoms with Crippen LogP contribution in [0, 0.1) is 0 Å². The Bertz CT molecular complexity index is 962. The SMILES string of the molecule is NC(=O)Cc1csc(NC(=O)c2cnc3ccccn3c2=O)n1. The lowest BCUT2D eigenvalue weighted by Crippen LogP contribution is -2.26. The number of aromatic nitrogens is 3. The van der Waals surface area contributed by atoms with E-state index >= 15 is 0 Å². The highest BCUT2D eigenvalue weighted by molar-refractivity contribution is 7.14. The van der Waals surface area contributed by atoms with Gasteiger partial charge in [0.05, 0.1) is 12.1 Å². The highest BCUT2D eigenvalue weighted by atomic mass is 32.1. The van der Waals surface area contributed by atoms with Crippen molar-refractivity contribution >= 4 is 33.9 Å². The number of nitrogens with zero attached hydrogens (tertiary/aromatic N) is 3. The third-order valence-corrected chi connectivity index (χ3v) is 3.79. The normalized spacial score (nSPS) is 10.6. The second-order valence-electron chi connectivity index (χ2n) is 4.65. The summed E-state index contributed by atoms with van der Waals surface area (Å²) in [6.07, 6.45) is 2.76. The number of carbonyl (C=O) groups excluding carboxylic acids is 2. The van der Waals surface area contributed by atoms with Gasteiger partial charge in [0.2, 0.25) is 5.91 Å². The Balaban J connectivity index is 1.86. The van der Waals surface area contributed by atoms with Gasteiger partial charge < -0.3 is 5.73 Å². The molecule has 3 N–H and O–H groups in total. The minimum Gasteiger partial charge on any atom is -0.369 e. The number of nitrogens with two attached hydrogens (primary N) is 1. The van der Waals surface area contributed by atoms with E-state index in [0.717, 1.165) is 11.3 Å². The van der Waals surface area contributed by atoms with Crippen LogP contribution in [0.15, 0.2) is 40.8 Å². The minimum atomic E-state index is -0.610. The van der Waals surface area contributed by atoms with Crippen molar-refractivity contribution in [3.8, 4) is 0 Å². The van der Waals surface area contributed by atoms with Crippen LogP contribution in [0.3, 0.4) is 0 Å². The zero-order chi connectivity index (χ0) is 16.4. The molecule has 2 amide bonds. The van der Waals surface area contributed by atoms with Crippen LogP contribution in [0.4, 0.5) is 5.13 Å². The first kappa shape index (κ1) is 14.9. The van der Waals surface area contributed by atoms with Crippen LogP contribution in [0.2, 0.25) is 0 Å². The molecule has 0 aliphatic rings. The number of amides is 2. The van der Waals surface area contributed by atoms with Crippen LogP contribution in [-0.2, 0) is 11.2 Å². The first-order valence-electron chi connectivity index (χ1n) is 6.55. The molecule has 0 unspecified atom stereocenters. The summed E-state index contributed by atoms with van der Waals surface area (Å²) in [5, 5.41) is 4.42. The summed E-state index contributed by atoms with van der Waals surface area (Å²) in [5.74, 6) is -1.12. The van der Waals surface area contributed by atoms with E-state index in [1.54, 1.807) is 23.6 Å². The van der Waals surface area contributed by atoms with Gasteiger partial charge in [0.1, 0.15) is 11.2 Å². The molecule has 3 heterocycles. The lowest BCUT2D eigenvalue weighted by molar-refractivity contribution is -0.117. The molecule has 0 spiro atoms. The monoisotopic (exact) mass is 329 g/mol. The summed E-state index contributed by atoms with van der Waals surface area (Å²) >= 11 is 1.14. The zero-order valence-corrected chi connectivity index (χ0v) is 12.5. The maximum atomic E-state index is 12.3. The number of rotatable bonds is 4.